The molecule has 2 aromatic heterocycles. The molecule has 1 atom stereocenters. The molecule has 3 aromatic rings. The van der Waals surface area contributed by atoms with E-state index in [4.69, 9.17) is 0 Å². The van der Waals surface area contributed by atoms with Crippen LogP contribution < -0.4 is 0 Å². The number of aryl methyl sites for hydroxylation is 1. The van der Waals surface area contributed by atoms with Crippen molar-refractivity contribution in [3.63, 3.8) is 0 Å². The molecule has 4 nitrogen and oxygen atoms in total. The van der Waals surface area contributed by atoms with E-state index < -0.39 is 5.82 Å². The van der Waals surface area contributed by atoms with Crippen LogP contribution in [0, 0.1) is 12.7 Å². The van der Waals surface area contributed by atoms with Gasteiger partial charge in [-0.25, -0.2) is 9.37 Å². The first-order valence-corrected chi connectivity index (χ1v) is 8.20. The van der Waals surface area contributed by atoms with E-state index in [0.717, 1.165) is 11.3 Å². The lowest BCUT2D eigenvalue weighted by atomic mass is 10.1. The average Bonchev–Trinajstić information content (AvgIpc) is 2.62. The van der Waals surface area contributed by atoms with Crippen molar-refractivity contribution < 1.29 is 9.18 Å². The maximum atomic E-state index is 13.9. The molecule has 1 aromatic carbocycles. The zero-order chi connectivity index (χ0) is 18.0. The van der Waals surface area contributed by atoms with Crippen molar-refractivity contribution in [2.24, 2.45) is 0 Å². The third kappa shape index (κ3) is 3.50. The fourth-order valence-corrected chi connectivity index (χ4v) is 2.76. The van der Waals surface area contributed by atoms with Crippen molar-refractivity contribution in [1.29, 1.82) is 0 Å². The molecule has 5 heteroatoms. The smallest absolute Gasteiger partial charge is 0.272 e. The third-order valence-electron chi connectivity index (χ3n) is 4.48. The number of benzene rings is 1. The summed E-state index contributed by atoms with van der Waals surface area (Å²) in [6, 6.07) is 12.0. The van der Waals surface area contributed by atoms with Crippen molar-refractivity contribution >= 4 is 16.8 Å². The van der Waals surface area contributed by atoms with Crippen molar-refractivity contribution in [3.05, 3.63) is 71.4 Å². The normalized spacial score (nSPS) is 12.2. The molecule has 2 heterocycles. The average molecular weight is 337 g/mol. The van der Waals surface area contributed by atoms with Gasteiger partial charge in [0.05, 0.1) is 0 Å². The zero-order valence-electron chi connectivity index (χ0n) is 14.5. The SMILES string of the molecule is Cc1cccnc1C[C@@H](C)N(C)C(=O)c1ccc2cccc(F)c2n1. The molecule has 0 aliphatic rings. The Hall–Kier alpha value is -2.82. The molecule has 128 valence electrons. The molecule has 0 radical (unpaired) electrons. The number of rotatable bonds is 4. The lowest BCUT2D eigenvalue weighted by Gasteiger charge is -2.25. The maximum Gasteiger partial charge on any atom is 0.272 e. The van der Waals surface area contributed by atoms with Gasteiger partial charge in [-0.2, -0.15) is 0 Å². The number of amides is 1. The van der Waals surface area contributed by atoms with E-state index >= 15 is 0 Å². The monoisotopic (exact) mass is 337 g/mol. The van der Waals surface area contributed by atoms with Gasteiger partial charge in [-0.1, -0.05) is 24.3 Å². The highest BCUT2D eigenvalue weighted by molar-refractivity contribution is 5.95. The number of likely N-dealkylation sites (N-methyl/N-ethyl adjacent to an activating group) is 1. The van der Waals surface area contributed by atoms with Crippen molar-refractivity contribution in [2.75, 3.05) is 7.05 Å². The largest absolute Gasteiger partial charge is 0.337 e. The number of pyridine rings is 2. The summed E-state index contributed by atoms with van der Waals surface area (Å²) in [4.78, 5) is 23.0. The van der Waals surface area contributed by atoms with Gasteiger partial charge in [-0.3, -0.25) is 9.78 Å². The minimum absolute atomic E-state index is 0.0563. The molecule has 0 fully saturated rings. The maximum absolute atomic E-state index is 13.9. The standard InChI is InChI=1S/C20H20FN3O/c1-13-6-5-11-22-18(13)12-14(2)24(3)20(25)17-10-9-15-7-4-8-16(21)19(15)23-17/h4-11,14H,12H2,1-3H3/t14-/m1/s1. The van der Waals surface area contributed by atoms with Crippen LogP contribution in [0.25, 0.3) is 10.9 Å². The number of hydrogen-bond acceptors (Lipinski definition) is 3. The van der Waals surface area contributed by atoms with Gasteiger partial charge in [-0.15, -0.1) is 0 Å². The Morgan fingerprint density at radius 2 is 2.00 bits per heavy atom. The van der Waals surface area contributed by atoms with Gasteiger partial charge >= 0.3 is 0 Å². The molecular weight excluding hydrogens is 317 g/mol. The molecule has 0 saturated carbocycles. The summed E-state index contributed by atoms with van der Waals surface area (Å²) in [6.07, 6.45) is 2.40. The summed E-state index contributed by atoms with van der Waals surface area (Å²) in [5, 5.41) is 0.677. The molecule has 0 N–H and O–H groups in total. The van der Waals surface area contributed by atoms with Crippen LogP contribution in [-0.2, 0) is 6.42 Å². The summed E-state index contributed by atoms with van der Waals surface area (Å²) in [7, 11) is 1.73. The Balaban J connectivity index is 1.82. The first kappa shape index (κ1) is 17.0. The van der Waals surface area contributed by atoms with E-state index in [1.54, 1.807) is 42.4 Å². The number of nitrogens with zero attached hydrogens (tertiary/aromatic N) is 3. The fourth-order valence-electron chi connectivity index (χ4n) is 2.76. The van der Waals surface area contributed by atoms with Gasteiger partial charge in [0.1, 0.15) is 17.0 Å². The molecule has 0 spiro atoms. The summed E-state index contributed by atoms with van der Waals surface area (Å²) in [5.41, 5.74) is 2.52. The van der Waals surface area contributed by atoms with Gasteiger partial charge in [0.15, 0.2) is 0 Å². The van der Waals surface area contributed by atoms with Gasteiger partial charge < -0.3 is 4.90 Å². The number of fused-ring (bicyclic) bond motifs is 1. The lowest BCUT2D eigenvalue weighted by Crippen LogP contribution is -2.37. The van der Waals surface area contributed by atoms with Crippen molar-refractivity contribution in [3.8, 4) is 0 Å². The molecule has 25 heavy (non-hydrogen) atoms. The molecule has 0 aliphatic carbocycles. The first-order valence-electron chi connectivity index (χ1n) is 8.20. The van der Waals surface area contributed by atoms with Crippen LogP contribution in [0.5, 0.6) is 0 Å². The van der Waals surface area contributed by atoms with E-state index in [-0.39, 0.29) is 23.2 Å². The van der Waals surface area contributed by atoms with E-state index in [2.05, 4.69) is 9.97 Å². The Morgan fingerprint density at radius 1 is 1.20 bits per heavy atom. The predicted octanol–water partition coefficient (Wildman–Crippen LogP) is 3.78. The van der Waals surface area contributed by atoms with Gasteiger partial charge in [0.25, 0.3) is 5.91 Å². The fraction of sp³-hybridized carbons (Fsp3) is 0.250. The Kier molecular flexibility index (Phi) is 4.74. The number of hydrogen-bond donors (Lipinski definition) is 0. The summed E-state index contributed by atoms with van der Waals surface area (Å²) in [5.74, 6) is -0.654. The van der Waals surface area contributed by atoms with E-state index in [9.17, 15) is 9.18 Å². The second kappa shape index (κ2) is 6.97. The van der Waals surface area contributed by atoms with Gasteiger partial charge in [0.2, 0.25) is 0 Å². The van der Waals surface area contributed by atoms with E-state index in [0.29, 0.717) is 11.8 Å². The zero-order valence-corrected chi connectivity index (χ0v) is 14.5. The molecule has 0 bridgehead atoms. The van der Waals surface area contributed by atoms with Gasteiger partial charge in [0, 0.05) is 36.8 Å². The highest BCUT2D eigenvalue weighted by Gasteiger charge is 2.20. The quantitative estimate of drug-likeness (QED) is 0.728. The summed E-state index contributed by atoms with van der Waals surface area (Å²) in [6.45, 7) is 3.97. The summed E-state index contributed by atoms with van der Waals surface area (Å²) >= 11 is 0. The Labute approximate surface area is 146 Å². The van der Waals surface area contributed by atoms with Crippen LogP contribution in [0.2, 0.25) is 0 Å². The molecule has 0 saturated heterocycles. The van der Waals surface area contributed by atoms with Crippen molar-refractivity contribution in [2.45, 2.75) is 26.3 Å². The van der Waals surface area contributed by atoms with Crippen LogP contribution in [-0.4, -0.2) is 33.9 Å². The van der Waals surface area contributed by atoms with Crippen LogP contribution >= 0.6 is 0 Å². The molecular formula is C20H20FN3O. The predicted molar refractivity (Wildman–Crippen MR) is 95.9 cm³/mol. The third-order valence-corrected chi connectivity index (χ3v) is 4.48. The Bertz CT molecular complexity index is 926. The van der Waals surface area contributed by atoms with E-state index in [1.165, 1.54) is 6.07 Å². The topological polar surface area (TPSA) is 46.1 Å². The van der Waals surface area contributed by atoms with Crippen LogP contribution in [0.1, 0.15) is 28.7 Å². The van der Waals surface area contributed by atoms with Crippen molar-refractivity contribution in [1.82, 2.24) is 14.9 Å². The number of carbonyl (C=O) groups excluding carboxylic acids is 1. The number of halogens is 1. The summed E-state index contributed by atoms with van der Waals surface area (Å²) < 4.78 is 13.9. The Morgan fingerprint density at radius 3 is 2.76 bits per heavy atom. The van der Waals surface area contributed by atoms with Crippen LogP contribution in [0.4, 0.5) is 4.39 Å². The molecule has 3 rings (SSSR count). The highest BCUT2D eigenvalue weighted by atomic mass is 19.1. The molecule has 0 aliphatic heterocycles. The minimum atomic E-state index is -0.424. The number of para-hydroxylation sites is 1. The first-order chi connectivity index (χ1) is 12.0. The second-order valence-corrected chi connectivity index (χ2v) is 6.24. The number of aromatic nitrogens is 2. The lowest BCUT2D eigenvalue weighted by molar-refractivity contribution is 0.0737. The molecule has 0 unspecified atom stereocenters. The van der Waals surface area contributed by atoms with Crippen LogP contribution in [0.3, 0.4) is 0 Å². The van der Waals surface area contributed by atoms with Gasteiger partial charge in [-0.05, 0) is 37.6 Å². The molecule has 1 amide bonds. The van der Waals surface area contributed by atoms with Crippen LogP contribution in [0.15, 0.2) is 48.7 Å². The highest BCUT2D eigenvalue weighted by Crippen LogP contribution is 2.18. The second-order valence-electron chi connectivity index (χ2n) is 6.24. The minimum Gasteiger partial charge on any atom is -0.337 e. The number of carbonyl (C=O) groups is 1. The van der Waals surface area contributed by atoms with E-state index in [1.807, 2.05) is 26.0 Å².